The summed E-state index contributed by atoms with van der Waals surface area (Å²) in [5.74, 6) is 0. The summed E-state index contributed by atoms with van der Waals surface area (Å²) in [6, 6.07) is 13.0. The van der Waals surface area contributed by atoms with E-state index in [1.165, 1.54) is 0 Å². The Labute approximate surface area is 328 Å². The molecule has 0 saturated carbocycles. The molecule has 0 aliphatic carbocycles. The van der Waals surface area contributed by atoms with Gasteiger partial charge in [0, 0.05) is 14.7 Å². The second-order valence-electron chi connectivity index (χ2n) is 15.0. The van der Waals surface area contributed by atoms with Crippen molar-refractivity contribution in [2.45, 2.75) is 198 Å². The van der Waals surface area contributed by atoms with Gasteiger partial charge < -0.3 is 0 Å². The fraction of sp³-hybridized carbons (Fsp3) is 0.609. The van der Waals surface area contributed by atoms with Gasteiger partial charge in [-0.05, 0) is 118 Å². The maximum Gasteiger partial charge on any atom is 0.524 e. The number of hydrogen-bond donors (Lipinski definition) is 0. The van der Waals surface area contributed by atoms with E-state index in [4.69, 9.17) is 3.63 Å². The quantitative estimate of drug-likeness (QED) is 0.0899. The third-order valence-electron chi connectivity index (χ3n) is 9.98. The van der Waals surface area contributed by atoms with E-state index >= 15 is 13.2 Å². The number of alkyl halides is 3. The van der Waals surface area contributed by atoms with E-state index in [0.29, 0.717) is 53.2 Å². The Morgan fingerprint density at radius 2 is 0.611 bits per heavy atom. The lowest BCUT2D eigenvalue weighted by atomic mass is 9.97. The van der Waals surface area contributed by atoms with Gasteiger partial charge in [-0.15, -0.1) is 0 Å². The van der Waals surface area contributed by atoms with E-state index in [-0.39, 0.29) is 0 Å². The molecule has 54 heavy (non-hydrogen) atoms. The van der Waals surface area contributed by atoms with Gasteiger partial charge in [0.1, 0.15) is 0 Å². The Bertz CT molecular complexity index is 1510. The van der Waals surface area contributed by atoms with Gasteiger partial charge in [-0.25, -0.2) is 0 Å². The lowest BCUT2D eigenvalue weighted by Crippen LogP contribution is -2.30. The van der Waals surface area contributed by atoms with E-state index < -0.39 is 25.9 Å². The normalized spacial score (nSPS) is 12.8. The first-order valence-electron chi connectivity index (χ1n) is 21.1. The van der Waals surface area contributed by atoms with Gasteiger partial charge in [-0.3, -0.25) is 0 Å². The van der Waals surface area contributed by atoms with Crippen LogP contribution in [0.15, 0.2) is 51.1 Å². The molecule has 3 rings (SSSR count). The van der Waals surface area contributed by atoms with Gasteiger partial charge in [-0.2, -0.15) is 25.2 Å². The highest BCUT2D eigenvalue weighted by atomic mass is 32.3. The molecule has 0 aliphatic rings. The summed E-state index contributed by atoms with van der Waals surface area (Å²) in [4.78, 5) is 2.07. The first-order valence-corrected chi connectivity index (χ1v) is 24.0. The third kappa shape index (κ3) is 10.6. The lowest BCUT2D eigenvalue weighted by Gasteiger charge is -2.46. The van der Waals surface area contributed by atoms with Gasteiger partial charge in [0.2, 0.25) is 0 Å². The highest BCUT2D eigenvalue weighted by Gasteiger charge is 2.55. The average Bonchev–Trinajstić information content (AvgIpc) is 3.08. The zero-order chi connectivity index (χ0) is 40.1. The molecule has 0 heterocycles. The van der Waals surface area contributed by atoms with Gasteiger partial charge in [0.15, 0.2) is 0 Å². The minimum absolute atomic E-state index is 0.605. The first-order chi connectivity index (χ1) is 25.8. The summed E-state index contributed by atoms with van der Waals surface area (Å²) in [6.07, 6.45) is 13.4. The standard InChI is InChI=1S/C46H69F3O3S2/c1-10-19-34-28-37(22-13-4)43(38(29-34)23-14-5)53(52-54(50,51)46(47,48)49,44-39(24-15-6)30-35(20-11-2)31-40(44)25-16-7)45-41(26-17-8)32-36(21-12-3)33-42(45)27-18-9/h28-33H,10-27H2,1-9H3. The molecule has 0 unspecified atom stereocenters. The van der Waals surface area contributed by atoms with Crippen LogP contribution >= 0.6 is 10.3 Å². The van der Waals surface area contributed by atoms with Crippen molar-refractivity contribution in [3.63, 3.8) is 0 Å². The second kappa shape index (κ2) is 21.3. The molecule has 0 spiro atoms. The Hall–Kier alpha value is -2.29. The van der Waals surface area contributed by atoms with Crippen molar-refractivity contribution in [1.29, 1.82) is 0 Å². The summed E-state index contributed by atoms with van der Waals surface area (Å²) in [6.45, 7) is 19.0. The van der Waals surface area contributed by atoms with E-state index in [1.54, 1.807) is 0 Å². The maximum atomic E-state index is 15.2. The SMILES string of the molecule is CCCc1cc(CCC)c(S(OS(=O)(=O)C(F)(F)F)(c2c(CCC)cc(CCC)cc2CCC)c2c(CCC)cc(CCC)cc2CCC)c(CCC)c1. The number of rotatable bonds is 23. The van der Waals surface area contributed by atoms with E-state index in [1.807, 2.05) is 0 Å². The maximum absolute atomic E-state index is 15.2. The summed E-state index contributed by atoms with van der Waals surface area (Å²) in [7, 11) is -9.71. The molecule has 0 radical (unpaired) electrons. The van der Waals surface area contributed by atoms with Crippen LogP contribution in [0.3, 0.4) is 0 Å². The number of hydrogen-bond acceptors (Lipinski definition) is 3. The van der Waals surface area contributed by atoms with Crippen LogP contribution in [0.5, 0.6) is 0 Å². The van der Waals surface area contributed by atoms with Crippen LogP contribution in [0.1, 0.15) is 170 Å². The molecule has 0 fully saturated rings. The summed E-state index contributed by atoms with van der Waals surface area (Å²) in [5.41, 5.74) is 3.33. The fourth-order valence-corrected chi connectivity index (χ4v) is 14.2. The minimum atomic E-state index is -6.11. The topological polar surface area (TPSA) is 43.4 Å². The molecule has 0 aliphatic heterocycles. The molecule has 3 aromatic rings. The smallest absolute Gasteiger partial charge is 0.200 e. The van der Waals surface area contributed by atoms with Crippen molar-refractivity contribution < 1.29 is 25.2 Å². The molecule has 0 atom stereocenters. The zero-order valence-electron chi connectivity index (χ0n) is 34.9. The highest BCUT2D eigenvalue weighted by molar-refractivity contribution is 8.33. The third-order valence-corrected chi connectivity index (χ3v) is 15.4. The van der Waals surface area contributed by atoms with Crippen LogP contribution in [-0.2, 0) is 71.5 Å². The monoisotopic (exact) mass is 790 g/mol. The number of benzene rings is 3. The predicted molar refractivity (Wildman–Crippen MR) is 224 cm³/mol. The molecule has 0 amide bonds. The Morgan fingerprint density at radius 3 is 0.778 bits per heavy atom. The van der Waals surface area contributed by atoms with Crippen LogP contribution in [0.2, 0.25) is 0 Å². The van der Waals surface area contributed by atoms with Crippen molar-refractivity contribution in [2.24, 2.45) is 0 Å². The molecule has 3 nitrogen and oxygen atoms in total. The lowest BCUT2D eigenvalue weighted by molar-refractivity contribution is -0.0496. The van der Waals surface area contributed by atoms with Crippen molar-refractivity contribution in [3.05, 3.63) is 86.5 Å². The van der Waals surface area contributed by atoms with E-state index in [9.17, 15) is 8.42 Å². The molecule has 0 saturated heterocycles. The van der Waals surface area contributed by atoms with Crippen LogP contribution in [0, 0.1) is 0 Å². The molecule has 8 heteroatoms. The van der Waals surface area contributed by atoms with E-state index in [0.717, 1.165) is 127 Å². The Kier molecular flexibility index (Phi) is 18.2. The second-order valence-corrected chi connectivity index (χ2v) is 19.3. The van der Waals surface area contributed by atoms with Crippen molar-refractivity contribution in [1.82, 2.24) is 0 Å². The van der Waals surface area contributed by atoms with Gasteiger partial charge in [0.25, 0.3) is 0 Å². The largest absolute Gasteiger partial charge is 0.524 e. The van der Waals surface area contributed by atoms with Crippen LogP contribution < -0.4 is 0 Å². The highest BCUT2D eigenvalue weighted by Crippen LogP contribution is 2.75. The fourth-order valence-electron chi connectivity index (χ4n) is 8.20. The minimum Gasteiger partial charge on any atom is -0.200 e. The molecule has 3 aromatic carbocycles. The summed E-state index contributed by atoms with van der Waals surface area (Å²) < 4.78 is 80.5. The molecule has 0 bridgehead atoms. The van der Waals surface area contributed by atoms with Crippen molar-refractivity contribution in [3.8, 4) is 0 Å². The van der Waals surface area contributed by atoms with Gasteiger partial charge >= 0.3 is 15.6 Å². The molecule has 0 aromatic heterocycles. The average molecular weight is 791 g/mol. The van der Waals surface area contributed by atoms with Gasteiger partial charge in [-0.1, -0.05) is 156 Å². The first kappa shape index (κ1) is 46.1. The molecular weight excluding hydrogens is 722 g/mol. The molecular formula is C46H69F3O3S2. The van der Waals surface area contributed by atoms with E-state index in [2.05, 4.69) is 98.7 Å². The van der Waals surface area contributed by atoms with Crippen LogP contribution in [-0.4, -0.2) is 13.9 Å². The summed E-state index contributed by atoms with van der Waals surface area (Å²) >= 11 is 0. The zero-order valence-corrected chi connectivity index (χ0v) is 36.5. The molecule has 0 N–H and O–H groups in total. The van der Waals surface area contributed by atoms with Crippen molar-refractivity contribution >= 4 is 20.4 Å². The number of aryl methyl sites for hydroxylation is 9. The predicted octanol–water partition coefficient (Wildman–Crippen LogP) is 14.3. The van der Waals surface area contributed by atoms with Crippen LogP contribution in [0.4, 0.5) is 13.2 Å². The van der Waals surface area contributed by atoms with Gasteiger partial charge in [0.05, 0.1) is 0 Å². The van der Waals surface area contributed by atoms with Crippen LogP contribution in [0.25, 0.3) is 0 Å². The Balaban J connectivity index is 3.01. The Morgan fingerprint density at radius 1 is 0.407 bits per heavy atom. The van der Waals surface area contributed by atoms with Crippen molar-refractivity contribution in [2.75, 3.05) is 0 Å². The number of halogens is 3. The molecule has 304 valence electrons. The summed E-state index contributed by atoms with van der Waals surface area (Å²) in [5, 5.41) is 0.